The molecule has 1 fully saturated rings. The average Bonchev–Trinajstić information content (AvgIpc) is 3.58. The van der Waals surface area contributed by atoms with Crippen molar-refractivity contribution in [3.63, 3.8) is 0 Å². The minimum atomic E-state index is 0.0759. The maximum Gasteiger partial charge on any atom is 0.253 e. The summed E-state index contributed by atoms with van der Waals surface area (Å²) in [4.78, 5) is 19.4. The van der Waals surface area contributed by atoms with E-state index in [9.17, 15) is 4.79 Å². The quantitative estimate of drug-likeness (QED) is 0.499. The van der Waals surface area contributed by atoms with Crippen LogP contribution in [0.25, 0.3) is 16.8 Å². The zero-order chi connectivity index (χ0) is 22.9. The number of aromatic nitrogens is 4. The molecule has 1 amide bonds. The molecule has 0 atom stereocenters. The monoisotopic (exact) mass is 454 g/mol. The van der Waals surface area contributed by atoms with E-state index in [1.165, 1.54) is 11.1 Å². The fourth-order valence-corrected chi connectivity index (χ4v) is 4.87. The number of fused-ring (bicyclic) bond motifs is 2. The maximum atomic E-state index is 12.8. The molecule has 1 N–H and O–H groups in total. The Hall–Kier alpha value is -3.78. The highest BCUT2D eigenvalue weighted by molar-refractivity contribution is 5.95. The summed E-state index contributed by atoms with van der Waals surface area (Å²) in [5.41, 5.74) is 5.96. The number of piperazine rings is 1. The van der Waals surface area contributed by atoms with Crippen LogP contribution in [0, 0.1) is 0 Å². The van der Waals surface area contributed by atoms with Crippen LogP contribution in [0.5, 0.6) is 5.75 Å². The fraction of sp³-hybridized carbons (Fsp3) is 0.308. The molecule has 34 heavy (non-hydrogen) atoms. The molecule has 2 aliphatic heterocycles. The Labute approximate surface area is 197 Å². The number of benzene rings is 2. The second kappa shape index (κ2) is 8.87. The summed E-state index contributed by atoms with van der Waals surface area (Å²) >= 11 is 0. The highest BCUT2D eigenvalue weighted by Crippen LogP contribution is 2.29. The van der Waals surface area contributed by atoms with Gasteiger partial charge in [0.25, 0.3) is 5.91 Å². The van der Waals surface area contributed by atoms with Crippen molar-refractivity contribution >= 4 is 11.6 Å². The van der Waals surface area contributed by atoms with Gasteiger partial charge in [0.05, 0.1) is 6.61 Å². The van der Waals surface area contributed by atoms with Crippen molar-refractivity contribution in [2.24, 2.45) is 0 Å². The van der Waals surface area contributed by atoms with Gasteiger partial charge in [-0.1, -0.05) is 24.3 Å². The first-order valence-corrected chi connectivity index (χ1v) is 11.8. The van der Waals surface area contributed by atoms with E-state index < -0.39 is 0 Å². The van der Waals surface area contributed by atoms with E-state index in [2.05, 4.69) is 27.6 Å². The van der Waals surface area contributed by atoms with Gasteiger partial charge >= 0.3 is 0 Å². The third kappa shape index (κ3) is 3.80. The summed E-state index contributed by atoms with van der Waals surface area (Å²) in [5.74, 6) is 2.01. The molecule has 0 bridgehead atoms. The highest BCUT2D eigenvalue weighted by atomic mass is 16.5. The van der Waals surface area contributed by atoms with E-state index >= 15 is 0 Å². The number of aryl methyl sites for hydroxylation is 2. The molecule has 0 spiro atoms. The predicted molar refractivity (Wildman–Crippen MR) is 128 cm³/mol. The Kier molecular flexibility index (Phi) is 5.43. The zero-order valence-electron chi connectivity index (χ0n) is 18.9. The molecule has 0 unspecified atom stereocenters. The number of amides is 1. The van der Waals surface area contributed by atoms with Gasteiger partial charge in [0.1, 0.15) is 17.9 Å². The topological polar surface area (TPSA) is 84.6 Å². The second-order valence-electron chi connectivity index (χ2n) is 8.72. The molecule has 1 saturated heterocycles. The molecule has 0 saturated carbocycles. The third-order valence-corrected chi connectivity index (χ3v) is 6.71. The van der Waals surface area contributed by atoms with Crippen molar-refractivity contribution in [3.05, 3.63) is 77.5 Å². The lowest BCUT2D eigenvalue weighted by Gasteiger charge is -2.27. The number of hydrogen-bond acceptors (Lipinski definition) is 6. The summed E-state index contributed by atoms with van der Waals surface area (Å²) in [6.45, 7) is 3.92. The molecular weight excluding hydrogens is 428 g/mol. The van der Waals surface area contributed by atoms with Gasteiger partial charge in [0.15, 0.2) is 5.65 Å². The van der Waals surface area contributed by atoms with E-state index in [-0.39, 0.29) is 5.91 Å². The van der Waals surface area contributed by atoms with Crippen LogP contribution in [-0.2, 0) is 19.3 Å². The number of hydrogen-bond donors (Lipinski definition) is 1. The number of carbonyl (C=O) groups excluding carboxylic acids is 1. The lowest BCUT2D eigenvalue weighted by atomic mass is 10.0. The Balaban J connectivity index is 1.23. The summed E-state index contributed by atoms with van der Waals surface area (Å²) in [6, 6.07) is 14.0. The van der Waals surface area contributed by atoms with Crippen LogP contribution in [0.4, 0.5) is 0 Å². The largest absolute Gasteiger partial charge is 0.493 e. The van der Waals surface area contributed by atoms with Crippen LogP contribution in [0.1, 0.15) is 27.3 Å². The standard InChI is InChI=1S/C26H26N6O2/c33-26(31-13-11-27-12-14-31)20-6-4-19(5-7-20)22-16-28-24(32-17-29-30-25(22)32)9-8-18-2-1-3-23-21(18)10-15-34-23/h1-7,16-17,27H,8-15H2. The van der Waals surface area contributed by atoms with Gasteiger partial charge in [-0.2, -0.15) is 0 Å². The molecule has 8 nitrogen and oxygen atoms in total. The number of ether oxygens (including phenoxy) is 1. The first-order valence-electron chi connectivity index (χ1n) is 11.8. The molecule has 6 rings (SSSR count). The van der Waals surface area contributed by atoms with Crippen molar-refractivity contribution in [2.45, 2.75) is 19.3 Å². The van der Waals surface area contributed by atoms with Crippen LogP contribution in [0.3, 0.4) is 0 Å². The van der Waals surface area contributed by atoms with Gasteiger partial charge in [0, 0.05) is 61.9 Å². The minimum Gasteiger partial charge on any atom is -0.493 e. The van der Waals surface area contributed by atoms with E-state index in [1.807, 2.05) is 45.8 Å². The molecule has 2 aromatic carbocycles. The first kappa shape index (κ1) is 20.8. The molecule has 2 aliphatic rings. The van der Waals surface area contributed by atoms with Crippen molar-refractivity contribution in [1.29, 1.82) is 0 Å². The smallest absolute Gasteiger partial charge is 0.253 e. The second-order valence-corrected chi connectivity index (χ2v) is 8.72. The Morgan fingerprint density at radius 1 is 1.06 bits per heavy atom. The van der Waals surface area contributed by atoms with Gasteiger partial charge in [-0.15, -0.1) is 10.2 Å². The summed E-state index contributed by atoms with van der Waals surface area (Å²) < 4.78 is 7.67. The summed E-state index contributed by atoms with van der Waals surface area (Å²) in [7, 11) is 0. The van der Waals surface area contributed by atoms with E-state index in [1.54, 1.807) is 6.33 Å². The zero-order valence-corrected chi connectivity index (χ0v) is 18.9. The SMILES string of the molecule is O=C(c1ccc(-c2cnc(CCc3cccc4c3CCO4)n3cnnc23)cc1)N1CCNCC1. The lowest BCUT2D eigenvalue weighted by molar-refractivity contribution is 0.0736. The van der Waals surface area contributed by atoms with Crippen LogP contribution in [-0.4, -0.2) is 63.2 Å². The number of nitrogens with zero attached hydrogens (tertiary/aromatic N) is 5. The fourth-order valence-electron chi connectivity index (χ4n) is 4.87. The van der Waals surface area contributed by atoms with E-state index in [4.69, 9.17) is 9.72 Å². The molecule has 4 heterocycles. The minimum absolute atomic E-state index is 0.0759. The Morgan fingerprint density at radius 2 is 1.91 bits per heavy atom. The van der Waals surface area contributed by atoms with Crippen LogP contribution >= 0.6 is 0 Å². The van der Waals surface area contributed by atoms with Crippen molar-refractivity contribution in [1.82, 2.24) is 29.8 Å². The third-order valence-electron chi connectivity index (χ3n) is 6.71. The summed E-state index contributed by atoms with van der Waals surface area (Å²) in [6.07, 6.45) is 6.22. The predicted octanol–water partition coefficient (Wildman–Crippen LogP) is 2.56. The molecule has 172 valence electrons. The van der Waals surface area contributed by atoms with Crippen molar-refractivity contribution < 1.29 is 9.53 Å². The normalized spacial score (nSPS) is 15.4. The average molecular weight is 455 g/mol. The lowest BCUT2D eigenvalue weighted by Crippen LogP contribution is -2.46. The van der Waals surface area contributed by atoms with Crippen molar-refractivity contribution in [3.8, 4) is 16.9 Å². The van der Waals surface area contributed by atoms with Gasteiger partial charge in [-0.3, -0.25) is 9.20 Å². The van der Waals surface area contributed by atoms with Gasteiger partial charge in [-0.05, 0) is 35.7 Å². The van der Waals surface area contributed by atoms with Gasteiger partial charge < -0.3 is 15.0 Å². The van der Waals surface area contributed by atoms with Crippen LogP contribution in [0.15, 0.2) is 55.0 Å². The first-order chi connectivity index (χ1) is 16.8. The molecule has 0 aliphatic carbocycles. The Morgan fingerprint density at radius 3 is 2.76 bits per heavy atom. The summed E-state index contributed by atoms with van der Waals surface area (Å²) in [5, 5.41) is 11.8. The van der Waals surface area contributed by atoms with Gasteiger partial charge in [-0.25, -0.2) is 4.98 Å². The van der Waals surface area contributed by atoms with E-state index in [0.717, 1.165) is 80.4 Å². The van der Waals surface area contributed by atoms with Gasteiger partial charge in [0.2, 0.25) is 0 Å². The van der Waals surface area contributed by atoms with E-state index in [0.29, 0.717) is 5.56 Å². The molecule has 0 radical (unpaired) electrons. The molecule has 2 aromatic heterocycles. The molecule has 8 heteroatoms. The molecule has 4 aromatic rings. The van der Waals surface area contributed by atoms with Crippen LogP contribution < -0.4 is 10.1 Å². The Bertz CT molecular complexity index is 1340. The number of carbonyl (C=O) groups is 1. The van der Waals surface area contributed by atoms with Crippen LogP contribution in [0.2, 0.25) is 0 Å². The highest BCUT2D eigenvalue weighted by Gasteiger charge is 2.19. The maximum absolute atomic E-state index is 12.8. The molecular formula is C26H26N6O2. The number of nitrogens with one attached hydrogen (secondary N) is 1. The van der Waals surface area contributed by atoms with Crippen molar-refractivity contribution in [2.75, 3.05) is 32.8 Å². The number of rotatable bonds is 5.